The summed E-state index contributed by atoms with van der Waals surface area (Å²) in [6.07, 6.45) is 16.1. The highest BCUT2D eigenvalue weighted by atomic mass is 16.5. The summed E-state index contributed by atoms with van der Waals surface area (Å²) < 4.78 is 6.39. The summed E-state index contributed by atoms with van der Waals surface area (Å²) in [5.74, 6) is 3.80. The molecular formula is C28H46O2. The van der Waals surface area contributed by atoms with E-state index in [-0.39, 0.29) is 5.60 Å². The zero-order valence-electron chi connectivity index (χ0n) is 20.7. The molecule has 0 spiro atoms. The molecule has 1 aromatic rings. The quantitative estimate of drug-likeness (QED) is 0.371. The number of hydrogen-bond donors (Lipinski definition) is 1. The molecule has 1 aliphatic rings. The van der Waals surface area contributed by atoms with Gasteiger partial charge in [0.15, 0.2) is 0 Å². The Kier molecular flexibility index (Phi) is 9.31. The van der Waals surface area contributed by atoms with Gasteiger partial charge in [0.25, 0.3) is 0 Å². The largest absolute Gasteiger partial charge is 0.507 e. The lowest BCUT2D eigenvalue weighted by Crippen LogP contribution is -2.32. The smallest absolute Gasteiger partial charge is 0.128 e. The van der Waals surface area contributed by atoms with Gasteiger partial charge in [0, 0.05) is 11.1 Å². The second-order valence-electron chi connectivity index (χ2n) is 10.7. The van der Waals surface area contributed by atoms with Gasteiger partial charge in [0.1, 0.15) is 17.1 Å². The third-order valence-electron chi connectivity index (χ3n) is 6.93. The lowest BCUT2D eigenvalue weighted by Gasteiger charge is -2.33. The van der Waals surface area contributed by atoms with Crippen LogP contribution >= 0.6 is 0 Å². The van der Waals surface area contributed by atoms with Crippen molar-refractivity contribution >= 4 is 6.08 Å². The molecule has 30 heavy (non-hydrogen) atoms. The van der Waals surface area contributed by atoms with E-state index in [0.29, 0.717) is 5.75 Å². The number of phenols is 1. The summed E-state index contributed by atoms with van der Waals surface area (Å²) >= 11 is 0. The van der Waals surface area contributed by atoms with Gasteiger partial charge >= 0.3 is 0 Å². The fraction of sp³-hybridized carbons (Fsp3) is 0.714. The number of ether oxygens (including phenoxy) is 1. The van der Waals surface area contributed by atoms with E-state index in [9.17, 15) is 5.11 Å². The van der Waals surface area contributed by atoms with Crippen molar-refractivity contribution in [3.63, 3.8) is 0 Å². The molecule has 0 saturated carbocycles. The molecule has 0 radical (unpaired) electrons. The first-order valence-corrected chi connectivity index (χ1v) is 12.3. The molecule has 2 heteroatoms. The third kappa shape index (κ3) is 7.36. The normalized spacial score (nSPS) is 20.1. The number of aryl methyl sites for hydroxylation is 1. The number of hydrogen-bond acceptors (Lipinski definition) is 2. The fourth-order valence-corrected chi connectivity index (χ4v) is 4.70. The van der Waals surface area contributed by atoms with E-state index in [1.165, 1.54) is 51.4 Å². The van der Waals surface area contributed by atoms with Crippen molar-refractivity contribution in [3.8, 4) is 11.5 Å². The summed E-state index contributed by atoms with van der Waals surface area (Å²) in [4.78, 5) is 0. The number of phenolic OH excluding ortho intramolecular Hbond substituents is 1. The predicted molar refractivity (Wildman–Crippen MR) is 130 cm³/mol. The molecule has 0 saturated heterocycles. The highest BCUT2D eigenvalue weighted by molar-refractivity contribution is 5.68. The maximum absolute atomic E-state index is 10.2. The first kappa shape index (κ1) is 24.8. The average molecular weight is 415 g/mol. The number of benzene rings is 1. The van der Waals surface area contributed by atoms with Gasteiger partial charge in [-0.1, -0.05) is 78.7 Å². The minimum Gasteiger partial charge on any atom is -0.507 e. The van der Waals surface area contributed by atoms with Crippen molar-refractivity contribution in [2.24, 2.45) is 17.8 Å². The van der Waals surface area contributed by atoms with Crippen molar-refractivity contribution in [1.29, 1.82) is 0 Å². The maximum atomic E-state index is 10.2. The molecule has 0 fully saturated rings. The van der Waals surface area contributed by atoms with Gasteiger partial charge in [-0.2, -0.15) is 0 Å². The molecule has 2 nitrogen and oxygen atoms in total. The van der Waals surface area contributed by atoms with E-state index >= 15 is 0 Å². The van der Waals surface area contributed by atoms with Crippen LogP contribution in [0.15, 0.2) is 12.1 Å². The van der Waals surface area contributed by atoms with E-state index in [1.54, 1.807) is 0 Å². The van der Waals surface area contributed by atoms with Crippen molar-refractivity contribution in [1.82, 2.24) is 0 Å². The summed E-state index contributed by atoms with van der Waals surface area (Å²) in [6.45, 7) is 15.6. The monoisotopic (exact) mass is 414 g/mol. The molecule has 0 bridgehead atoms. The summed E-state index contributed by atoms with van der Waals surface area (Å²) in [7, 11) is 0. The van der Waals surface area contributed by atoms with E-state index in [1.807, 2.05) is 19.9 Å². The van der Waals surface area contributed by atoms with Crippen molar-refractivity contribution < 1.29 is 9.84 Å². The first-order chi connectivity index (χ1) is 14.1. The Hall–Kier alpha value is -1.44. The molecule has 1 heterocycles. The van der Waals surface area contributed by atoms with E-state index in [0.717, 1.165) is 46.6 Å². The SMILES string of the molecule is Cc1cc2c(c(C)c1O)C=C[C@@](C)(CCCC(C)CCCC(C)CCCC(C)C)O2. The Balaban J connectivity index is 1.70. The Bertz CT molecular complexity index is 703. The second kappa shape index (κ2) is 11.3. The van der Waals surface area contributed by atoms with Gasteiger partial charge < -0.3 is 9.84 Å². The number of rotatable bonds is 12. The van der Waals surface area contributed by atoms with E-state index in [2.05, 4.69) is 46.8 Å². The van der Waals surface area contributed by atoms with Crippen LogP contribution in [0.1, 0.15) is 109 Å². The predicted octanol–water partition coefficient (Wildman–Crippen LogP) is 8.61. The summed E-state index contributed by atoms with van der Waals surface area (Å²) in [5.41, 5.74) is 2.57. The fourth-order valence-electron chi connectivity index (χ4n) is 4.70. The summed E-state index contributed by atoms with van der Waals surface area (Å²) in [5, 5.41) is 10.2. The number of aromatic hydroxyl groups is 1. The first-order valence-electron chi connectivity index (χ1n) is 12.3. The van der Waals surface area contributed by atoms with Crippen LogP contribution in [0, 0.1) is 31.6 Å². The van der Waals surface area contributed by atoms with Gasteiger partial charge in [-0.3, -0.25) is 0 Å². The van der Waals surface area contributed by atoms with Gasteiger partial charge in [-0.05, 0) is 69.1 Å². The van der Waals surface area contributed by atoms with Crippen LogP contribution in [0.3, 0.4) is 0 Å². The molecule has 0 amide bonds. The highest BCUT2D eigenvalue weighted by Gasteiger charge is 2.28. The zero-order chi connectivity index (χ0) is 22.3. The molecular weight excluding hydrogens is 368 g/mol. The standard InChI is InChI=1S/C28H46O2/c1-20(2)11-8-12-21(3)13-9-14-22(4)15-10-17-28(7)18-16-25-24(6)27(29)23(5)19-26(25)30-28/h16,18-22,29H,8-15,17H2,1-7H3/t21?,22?,28-/m1/s1. The van der Waals surface area contributed by atoms with Crippen LogP contribution in [-0.4, -0.2) is 10.7 Å². The van der Waals surface area contributed by atoms with Crippen molar-refractivity contribution in [2.45, 2.75) is 112 Å². The van der Waals surface area contributed by atoms with Crippen molar-refractivity contribution in [2.75, 3.05) is 0 Å². The van der Waals surface area contributed by atoms with Crippen LogP contribution in [0.4, 0.5) is 0 Å². The molecule has 0 aromatic heterocycles. The molecule has 3 atom stereocenters. The topological polar surface area (TPSA) is 29.5 Å². The van der Waals surface area contributed by atoms with E-state index in [4.69, 9.17) is 4.74 Å². The van der Waals surface area contributed by atoms with Crippen LogP contribution in [0.25, 0.3) is 6.08 Å². The Morgan fingerprint density at radius 3 is 2.07 bits per heavy atom. The Morgan fingerprint density at radius 2 is 1.47 bits per heavy atom. The Morgan fingerprint density at radius 1 is 0.900 bits per heavy atom. The van der Waals surface area contributed by atoms with Crippen LogP contribution in [-0.2, 0) is 0 Å². The second-order valence-corrected chi connectivity index (χ2v) is 10.7. The lowest BCUT2D eigenvalue weighted by atomic mass is 9.88. The van der Waals surface area contributed by atoms with Gasteiger partial charge in [0.05, 0.1) is 0 Å². The van der Waals surface area contributed by atoms with Gasteiger partial charge in [0.2, 0.25) is 0 Å². The van der Waals surface area contributed by atoms with Gasteiger partial charge in [-0.25, -0.2) is 0 Å². The molecule has 1 N–H and O–H groups in total. The third-order valence-corrected chi connectivity index (χ3v) is 6.93. The van der Waals surface area contributed by atoms with Gasteiger partial charge in [-0.15, -0.1) is 0 Å². The molecule has 2 rings (SSSR count). The number of fused-ring (bicyclic) bond motifs is 1. The Labute approximate surface area is 186 Å². The van der Waals surface area contributed by atoms with Crippen LogP contribution in [0.5, 0.6) is 11.5 Å². The van der Waals surface area contributed by atoms with Crippen molar-refractivity contribution in [3.05, 3.63) is 28.8 Å². The van der Waals surface area contributed by atoms with Crippen LogP contribution in [0.2, 0.25) is 0 Å². The average Bonchev–Trinajstić information content (AvgIpc) is 2.65. The lowest BCUT2D eigenvalue weighted by molar-refractivity contribution is 0.122. The highest BCUT2D eigenvalue weighted by Crippen LogP contribution is 2.40. The molecule has 2 unspecified atom stereocenters. The molecule has 170 valence electrons. The van der Waals surface area contributed by atoms with Crippen LogP contribution < -0.4 is 4.74 Å². The zero-order valence-corrected chi connectivity index (χ0v) is 20.7. The minimum absolute atomic E-state index is 0.243. The van der Waals surface area contributed by atoms with E-state index < -0.39 is 0 Å². The maximum Gasteiger partial charge on any atom is 0.128 e. The molecule has 0 aliphatic carbocycles. The molecule has 1 aromatic carbocycles. The molecule has 1 aliphatic heterocycles. The summed E-state index contributed by atoms with van der Waals surface area (Å²) in [6, 6.07) is 1.98. The minimum atomic E-state index is -0.243.